The van der Waals surface area contributed by atoms with Crippen molar-refractivity contribution in [2.75, 3.05) is 20.2 Å². The van der Waals surface area contributed by atoms with E-state index in [0.717, 1.165) is 17.3 Å². The van der Waals surface area contributed by atoms with Gasteiger partial charge in [0, 0.05) is 11.0 Å². The van der Waals surface area contributed by atoms with E-state index in [4.69, 9.17) is 21.1 Å². The van der Waals surface area contributed by atoms with Gasteiger partial charge in [-0.1, -0.05) is 27.5 Å². The monoisotopic (exact) mass is 425 g/mol. The Kier molecular flexibility index (Phi) is 5.75. The quantitative estimate of drug-likeness (QED) is 0.747. The smallest absolute Gasteiger partial charge is 0.255 e. The van der Waals surface area contributed by atoms with E-state index in [0.29, 0.717) is 35.4 Å². The van der Waals surface area contributed by atoms with Gasteiger partial charge in [-0.2, -0.15) is 4.98 Å². The minimum atomic E-state index is -0.148. The second-order valence-corrected chi connectivity index (χ2v) is 6.98. The number of hydrogen-bond acceptors (Lipinski definition) is 5. The standard InChI is InChI=1S/C17H17BrClN3O3/c1-24-15-8-20-9-16(21-15)25-12-3-2-6-22(10-12)17(23)13-7-11(18)4-5-14(13)19/h4-5,7-9,12H,2-3,6,10H2,1H3. The molecule has 8 heteroatoms. The molecule has 1 fully saturated rings. The van der Waals surface area contributed by atoms with E-state index in [1.807, 2.05) is 6.07 Å². The number of ether oxygens (including phenoxy) is 2. The van der Waals surface area contributed by atoms with Crippen molar-refractivity contribution in [3.63, 3.8) is 0 Å². The van der Waals surface area contributed by atoms with E-state index in [1.165, 1.54) is 19.5 Å². The first-order chi connectivity index (χ1) is 12.1. The van der Waals surface area contributed by atoms with E-state index in [1.54, 1.807) is 17.0 Å². The van der Waals surface area contributed by atoms with Gasteiger partial charge in [-0.25, -0.2) is 0 Å². The summed E-state index contributed by atoms with van der Waals surface area (Å²) in [4.78, 5) is 22.8. The predicted octanol–water partition coefficient (Wildman–Crippen LogP) is 3.58. The number of amides is 1. The van der Waals surface area contributed by atoms with Gasteiger partial charge in [0.25, 0.3) is 5.91 Å². The van der Waals surface area contributed by atoms with E-state index < -0.39 is 0 Å². The zero-order chi connectivity index (χ0) is 17.8. The molecule has 1 aromatic carbocycles. The lowest BCUT2D eigenvalue weighted by atomic mass is 10.1. The number of carbonyl (C=O) groups excluding carboxylic acids is 1. The Hall–Kier alpha value is -1.86. The molecule has 0 spiro atoms. The van der Waals surface area contributed by atoms with Gasteiger partial charge in [-0.05, 0) is 31.0 Å². The first kappa shape index (κ1) is 17.9. The zero-order valence-electron chi connectivity index (χ0n) is 13.6. The third-order valence-electron chi connectivity index (χ3n) is 3.91. The Labute approximate surface area is 159 Å². The summed E-state index contributed by atoms with van der Waals surface area (Å²) in [6.45, 7) is 1.14. The second kappa shape index (κ2) is 8.01. The van der Waals surface area contributed by atoms with Crippen molar-refractivity contribution in [3.05, 3.63) is 45.7 Å². The van der Waals surface area contributed by atoms with E-state index >= 15 is 0 Å². The van der Waals surface area contributed by atoms with Crippen molar-refractivity contribution < 1.29 is 14.3 Å². The van der Waals surface area contributed by atoms with Crippen molar-refractivity contribution in [2.24, 2.45) is 0 Å². The SMILES string of the molecule is COc1cncc(OC2CCCN(C(=O)c3cc(Br)ccc3Cl)C2)n1. The van der Waals surface area contributed by atoms with Gasteiger partial charge in [0.2, 0.25) is 11.8 Å². The Morgan fingerprint density at radius 2 is 2.16 bits per heavy atom. The molecule has 1 saturated heterocycles. The number of piperidine rings is 1. The van der Waals surface area contributed by atoms with E-state index in [2.05, 4.69) is 25.9 Å². The van der Waals surface area contributed by atoms with Crippen molar-refractivity contribution in [1.29, 1.82) is 0 Å². The number of nitrogens with zero attached hydrogens (tertiary/aromatic N) is 3. The molecule has 3 rings (SSSR count). The van der Waals surface area contributed by atoms with Gasteiger partial charge in [-0.15, -0.1) is 0 Å². The number of aromatic nitrogens is 2. The molecule has 1 aromatic heterocycles. The topological polar surface area (TPSA) is 64.6 Å². The largest absolute Gasteiger partial charge is 0.480 e. The molecule has 0 radical (unpaired) electrons. The molecule has 1 aliphatic heterocycles. The fourth-order valence-electron chi connectivity index (χ4n) is 2.71. The Balaban J connectivity index is 1.70. The Bertz CT molecular complexity index is 775. The Morgan fingerprint density at radius 3 is 2.96 bits per heavy atom. The highest BCUT2D eigenvalue weighted by Gasteiger charge is 2.27. The average Bonchev–Trinajstić information content (AvgIpc) is 2.63. The van der Waals surface area contributed by atoms with Crippen LogP contribution in [0.1, 0.15) is 23.2 Å². The molecule has 0 aliphatic carbocycles. The first-order valence-electron chi connectivity index (χ1n) is 7.84. The van der Waals surface area contributed by atoms with Crippen LogP contribution < -0.4 is 9.47 Å². The third kappa shape index (κ3) is 4.41. The van der Waals surface area contributed by atoms with Crippen LogP contribution in [0, 0.1) is 0 Å². The van der Waals surface area contributed by atoms with Crippen LogP contribution in [-0.4, -0.2) is 47.1 Å². The number of likely N-dealkylation sites (tertiary alicyclic amines) is 1. The molecule has 1 atom stereocenters. The van der Waals surface area contributed by atoms with Gasteiger partial charge in [-0.3, -0.25) is 9.78 Å². The number of halogens is 2. The molecule has 2 heterocycles. The van der Waals surface area contributed by atoms with Crippen molar-refractivity contribution >= 4 is 33.4 Å². The molecule has 132 valence electrons. The van der Waals surface area contributed by atoms with Crippen LogP contribution in [0.3, 0.4) is 0 Å². The molecular formula is C17H17BrClN3O3. The maximum Gasteiger partial charge on any atom is 0.255 e. The first-order valence-corrected chi connectivity index (χ1v) is 9.01. The minimum absolute atomic E-state index is 0.101. The van der Waals surface area contributed by atoms with Gasteiger partial charge >= 0.3 is 0 Å². The summed E-state index contributed by atoms with van der Waals surface area (Å²) in [5.74, 6) is 0.678. The fourth-order valence-corrected chi connectivity index (χ4v) is 3.27. The molecule has 0 saturated carbocycles. The van der Waals surface area contributed by atoms with E-state index in [9.17, 15) is 4.79 Å². The zero-order valence-corrected chi connectivity index (χ0v) is 16.0. The minimum Gasteiger partial charge on any atom is -0.480 e. The Morgan fingerprint density at radius 1 is 1.36 bits per heavy atom. The number of carbonyl (C=O) groups is 1. The highest BCUT2D eigenvalue weighted by atomic mass is 79.9. The van der Waals surface area contributed by atoms with Gasteiger partial charge < -0.3 is 14.4 Å². The van der Waals surface area contributed by atoms with Crippen molar-refractivity contribution in [1.82, 2.24) is 14.9 Å². The number of benzene rings is 1. The molecular weight excluding hydrogens is 410 g/mol. The normalized spacial score (nSPS) is 17.2. The lowest BCUT2D eigenvalue weighted by molar-refractivity contribution is 0.0525. The summed E-state index contributed by atoms with van der Waals surface area (Å²) >= 11 is 9.56. The van der Waals surface area contributed by atoms with Crippen molar-refractivity contribution in [2.45, 2.75) is 18.9 Å². The molecule has 0 N–H and O–H groups in total. The average molecular weight is 427 g/mol. The lowest BCUT2D eigenvalue weighted by Gasteiger charge is -2.32. The van der Waals surface area contributed by atoms with Crippen LogP contribution in [0.4, 0.5) is 0 Å². The van der Waals surface area contributed by atoms with Crippen LogP contribution in [-0.2, 0) is 0 Å². The number of methoxy groups -OCH3 is 1. The van der Waals surface area contributed by atoms with E-state index in [-0.39, 0.29) is 12.0 Å². The van der Waals surface area contributed by atoms with Gasteiger partial charge in [0.05, 0.1) is 36.6 Å². The molecule has 6 nitrogen and oxygen atoms in total. The molecule has 0 bridgehead atoms. The summed E-state index contributed by atoms with van der Waals surface area (Å²) in [6, 6.07) is 5.26. The summed E-state index contributed by atoms with van der Waals surface area (Å²) < 4.78 is 11.7. The number of rotatable bonds is 4. The molecule has 25 heavy (non-hydrogen) atoms. The molecule has 1 unspecified atom stereocenters. The second-order valence-electron chi connectivity index (χ2n) is 5.66. The fraction of sp³-hybridized carbons (Fsp3) is 0.353. The van der Waals surface area contributed by atoms with Crippen LogP contribution in [0.15, 0.2) is 35.1 Å². The highest BCUT2D eigenvalue weighted by Crippen LogP contribution is 2.25. The predicted molar refractivity (Wildman–Crippen MR) is 97.3 cm³/mol. The molecule has 1 amide bonds. The maximum absolute atomic E-state index is 12.8. The van der Waals surface area contributed by atoms with Crippen molar-refractivity contribution in [3.8, 4) is 11.8 Å². The van der Waals surface area contributed by atoms with Crippen LogP contribution in [0.2, 0.25) is 5.02 Å². The van der Waals surface area contributed by atoms with Gasteiger partial charge in [0.1, 0.15) is 6.10 Å². The van der Waals surface area contributed by atoms with Gasteiger partial charge in [0.15, 0.2) is 0 Å². The van der Waals surface area contributed by atoms with Crippen LogP contribution >= 0.6 is 27.5 Å². The summed E-state index contributed by atoms with van der Waals surface area (Å²) in [5.41, 5.74) is 0.484. The third-order valence-corrected chi connectivity index (χ3v) is 4.73. The highest BCUT2D eigenvalue weighted by molar-refractivity contribution is 9.10. The molecule has 2 aromatic rings. The van der Waals surface area contributed by atoms with Crippen LogP contribution in [0.5, 0.6) is 11.8 Å². The lowest BCUT2D eigenvalue weighted by Crippen LogP contribution is -2.44. The number of hydrogen-bond donors (Lipinski definition) is 0. The summed E-state index contributed by atoms with van der Waals surface area (Å²) in [7, 11) is 1.52. The maximum atomic E-state index is 12.8. The summed E-state index contributed by atoms with van der Waals surface area (Å²) in [6.07, 6.45) is 4.59. The summed E-state index contributed by atoms with van der Waals surface area (Å²) in [5, 5.41) is 0.440. The molecule has 1 aliphatic rings. The van der Waals surface area contributed by atoms with Crippen LogP contribution in [0.25, 0.3) is 0 Å².